The number of benzene rings is 2. The van der Waals surface area contributed by atoms with Gasteiger partial charge in [-0.25, -0.2) is 0 Å². The Hall–Kier alpha value is -2.15. The van der Waals surface area contributed by atoms with E-state index in [0.717, 1.165) is 15.6 Å². The number of nitrogens with zero attached hydrogens (tertiary/aromatic N) is 2. The number of aryl methyl sites for hydroxylation is 1. The van der Waals surface area contributed by atoms with Gasteiger partial charge >= 0.3 is 0 Å². The fourth-order valence-corrected chi connectivity index (χ4v) is 3.92. The lowest BCUT2D eigenvalue weighted by molar-refractivity contribution is -0.127. The second-order valence-corrected chi connectivity index (χ2v) is 8.25. The van der Waals surface area contributed by atoms with E-state index >= 15 is 0 Å². The minimum atomic E-state index is -0.109. The highest BCUT2D eigenvalue weighted by atomic mass is 79.9. The fraction of sp³-hybridized carbons (Fsp3) is 0.273. The van der Waals surface area contributed by atoms with Crippen molar-refractivity contribution in [3.63, 3.8) is 0 Å². The van der Waals surface area contributed by atoms with Crippen LogP contribution in [-0.2, 0) is 9.59 Å². The number of hydrogen-bond donors (Lipinski definition) is 1. The van der Waals surface area contributed by atoms with Gasteiger partial charge in [0.05, 0.1) is 17.3 Å². The van der Waals surface area contributed by atoms with E-state index in [0.29, 0.717) is 36.9 Å². The van der Waals surface area contributed by atoms with Gasteiger partial charge in [0.15, 0.2) is 0 Å². The molecule has 3 rings (SSSR count). The van der Waals surface area contributed by atoms with Crippen molar-refractivity contribution in [3.05, 3.63) is 69.2 Å². The van der Waals surface area contributed by atoms with Crippen molar-refractivity contribution in [2.45, 2.75) is 6.92 Å². The number of nitrogens with one attached hydrogen (secondary N) is 1. The van der Waals surface area contributed by atoms with E-state index in [1.807, 2.05) is 48.2 Å². The molecule has 1 aliphatic rings. The largest absolute Gasteiger partial charge is 0.337 e. The molecule has 2 aromatic carbocycles. The molecular formula is C22H23BrClN3O2. The molecule has 1 heterocycles. The zero-order chi connectivity index (χ0) is 20.8. The van der Waals surface area contributed by atoms with Crippen LogP contribution in [0.1, 0.15) is 11.1 Å². The van der Waals surface area contributed by atoms with Gasteiger partial charge in [0, 0.05) is 36.7 Å². The summed E-state index contributed by atoms with van der Waals surface area (Å²) in [5, 5.41) is 3.35. The molecule has 2 aromatic rings. The monoisotopic (exact) mass is 475 g/mol. The van der Waals surface area contributed by atoms with Crippen molar-refractivity contribution in [1.29, 1.82) is 0 Å². The van der Waals surface area contributed by atoms with E-state index in [-0.39, 0.29) is 18.4 Å². The molecule has 0 aliphatic carbocycles. The number of hydrogen-bond acceptors (Lipinski definition) is 3. The van der Waals surface area contributed by atoms with Gasteiger partial charge in [-0.1, -0.05) is 51.8 Å². The molecule has 0 aromatic heterocycles. The highest BCUT2D eigenvalue weighted by molar-refractivity contribution is 9.10. The normalized spacial score (nSPS) is 14.9. The summed E-state index contributed by atoms with van der Waals surface area (Å²) >= 11 is 9.60. The third kappa shape index (κ3) is 6.16. The van der Waals surface area contributed by atoms with Gasteiger partial charge < -0.3 is 10.2 Å². The minimum Gasteiger partial charge on any atom is -0.337 e. The molecule has 0 saturated carbocycles. The SMILES string of the molecule is Cc1ccc(C=CC(=O)N2CCN(CC(=O)Nc3ccccc3Cl)CC2)c(Br)c1. The van der Waals surface area contributed by atoms with Gasteiger partial charge in [0.2, 0.25) is 11.8 Å². The zero-order valence-corrected chi connectivity index (χ0v) is 18.5. The number of anilines is 1. The lowest BCUT2D eigenvalue weighted by Gasteiger charge is -2.33. The van der Waals surface area contributed by atoms with Crippen LogP contribution >= 0.6 is 27.5 Å². The van der Waals surface area contributed by atoms with Crippen LogP contribution in [-0.4, -0.2) is 54.3 Å². The predicted molar refractivity (Wildman–Crippen MR) is 121 cm³/mol. The quantitative estimate of drug-likeness (QED) is 0.658. The van der Waals surface area contributed by atoms with Crippen LogP contribution in [0.2, 0.25) is 5.02 Å². The second-order valence-electron chi connectivity index (χ2n) is 6.99. The number of para-hydroxylation sites is 1. The maximum Gasteiger partial charge on any atom is 0.246 e. The molecule has 0 unspecified atom stereocenters. The minimum absolute atomic E-state index is 0.0161. The average Bonchev–Trinajstić information content (AvgIpc) is 2.69. The summed E-state index contributed by atoms with van der Waals surface area (Å²) in [5.74, 6) is -0.125. The maximum absolute atomic E-state index is 12.5. The van der Waals surface area contributed by atoms with Gasteiger partial charge in [-0.15, -0.1) is 0 Å². The summed E-state index contributed by atoms with van der Waals surface area (Å²) in [4.78, 5) is 28.6. The molecule has 1 aliphatic heterocycles. The second kappa shape index (κ2) is 10.1. The van der Waals surface area contributed by atoms with Crippen LogP contribution in [0.5, 0.6) is 0 Å². The molecule has 2 amide bonds. The van der Waals surface area contributed by atoms with Gasteiger partial charge in [-0.3, -0.25) is 14.5 Å². The summed E-state index contributed by atoms with van der Waals surface area (Å²) in [5.41, 5.74) is 2.74. The lowest BCUT2D eigenvalue weighted by Crippen LogP contribution is -2.50. The van der Waals surface area contributed by atoms with E-state index in [2.05, 4.69) is 21.2 Å². The van der Waals surface area contributed by atoms with E-state index < -0.39 is 0 Å². The van der Waals surface area contributed by atoms with Crippen LogP contribution in [0.25, 0.3) is 6.08 Å². The molecule has 29 heavy (non-hydrogen) atoms. The first kappa shape index (κ1) is 21.6. The Bertz CT molecular complexity index is 924. The molecule has 7 heteroatoms. The number of rotatable bonds is 5. The third-order valence-corrected chi connectivity index (χ3v) is 5.78. The summed E-state index contributed by atoms with van der Waals surface area (Å²) in [6.45, 7) is 4.81. The lowest BCUT2D eigenvalue weighted by atomic mass is 10.1. The van der Waals surface area contributed by atoms with Crippen molar-refractivity contribution >= 4 is 51.1 Å². The first-order chi connectivity index (χ1) is 13.9. The highest BCUT2D eigenvalue weighted by Crippen LogP contribution is 2.21. The Labute approximate surface area is 184 Å². The van der Waals surface area contributed by atoms with E-state index in [1.54, 1.807) is 23.1 Å². The van der Waals surface area contributed by atoms with Crippen molar-refractivity contribution < 1.29 is 9.59 Å². The van der Waals surface area contributed by atoms with E-state index in [1.165, 1.54) is 0 Å². The van der Waals surface area contributed by atoms with Crippen molar-refractivity contribution in [2.75, 3.05) is 38.0 Å². The van der Waals surface area contributed by atoms with Crippen LogP contribution in [0.4, 0.5) is 5.69 Å². The fourth-order valence-electron chi connectivity index (χ4n) is 3.12. The Morgan fingerprint density at radius 2 is 1.86 bits per heavy atom. The third-order valence-electron chi connectivity index (χ3n) is 4.76. The highest BCUT2D eigenvalue weighted by Gasteiger charge is 2.21. The maximum atomic E-state index is 12.5. The summed E-state index contributed by atoms with van der Waals surface area (Å²) in [7, 11) is 0. The molecule has 5 nitrogen and oxygen atoms in total. The average molecular weight is 477 g/mol. The van der Waals surface area contributed by atoms with Crippen LogP contribution in [0.3, 0.4) is 0 Å². The van der Waals surface area contributed by atoms with Gasteiger partial charge in [0.1, 0.15) is 0 Å². The summed E-state index contributed by atoms with van der Waals surface area (Å²) in [6.07, 6.45) is 3.43. The van der Waals surface area contributed by atoms with Crippen LogP contribution in [0, 0.1) is 6.92 Å². The number of carbonyl (C=O) groups excluding carboxylic acids is 2. The smallest absolute Gasteiger partial charge is 0.246 e. The number of carbonyl (C=O) groups is 2. The van der Waals surface area contributed by atoms with Crippen LogP contribution < -0.4 is 5.32 Å². The molecule has 0 spiro atoms. The molecule has 152 valence electrons. The molecule has 1 saturated heterocycles. The van der Waals surface area contributed by atoms with Gasteiger partial charge in [0.25, 0.3) is 0 Å². The first-order valence-electron chi connectivity index (χ1n) is 9.42. The Balaban J connectivity index is 1.47. The summed E-state index contributed by atoms with van der Waals surface area (Å²) < 4.78 is 0.968. The molecule has 0 radical (unpaired) electrons. The van der Waals surface area contributed by atoms with Crippen molar-refractivity contribution in [3.8, 4) is 0 Å². The van der Waals surface area contributed by atoms with Crippen molar-refractivity contribution in [1.82, 2.24) is 9.80 Å². The Morgan fingerprint density at radius 1 is 1.14 bits per heavy atom. The molecular weight excluding hydrogens is 454 g/mol. The standard InChI is InChI=1S/C22H23BrClN3O2/c1-16-6-7-17(18(23)14-16)8-9-22(29)27-12-10-26(11-13-27)15-21(28)25-20-5-3-2-4-19(20)24/h2-9,14H,10-13,15H2,1H3,(H,25,28). The van der Waals surface area contributed by atoms with Crippen LogP contribution in [0.15, 0.2) is 53.0 Å². The molecule has 0 bridgehead atoms. The zero-order valence-electron chi connectivity index (χ0n) is 16.2. The van der Waals surface area contributed by atoms with E-state index in [4.69, 9.17) is 11.6 Å². The molecule has 1 N–H and O–H groups in total. The molecule has 1 fully saturated rings. The van der Waals surface area contributed by atoms with Gasteiger partial charge in [-0.05, 0) is 42.3 Å². The Kier molecular flexibility index (Phi) is 7.47. The first-order valence-corrected chi connectivity index (χ1v) is 10.6. The number of amides is 2. The number of piperazine rings is 1. The number of halogens is 2. The van der Waals surface area contributed by atoms with Gasteiger partial charge in [-0.2, -0.15) is 0 Å². The van der Waals surface area contributed by atoms with Crippen molar-refractivity contribution in [2.24, 2.45) is 0 Å². The topological polar surface area (TPSA) is 52.7 Å². The Morgan fingerprint density at radius 3 is 2.55 bits per heavy atom. The van der Waals surface area contributed by atoms with E-state index in [9.17, 15) is 9.59 Å². The predicted octanol–water partition coefficient (Wildman–Crippen LogP) is 4.21. The molecule has 0 atom stereocenters. The summed E-state index contributed by atoms with van der Waals surface area (Å²) in [6, 6.07) is 13.2.